The van der Waals surface area contributed by atoms with Gasteiger partial charge in [-0.15, -0.1) is 0 Å². The standard InChI is InChI=1S/C27H24F3N3O5/c1-3-38-25(36)19-14-32(16-8-10-21-15(13-16)7-12-23(34)31(21)2)26(37)33(24(19)35)22-11-9-17-18(22)5-4-6-20(17)27(28,29)30/h4-6,8,10,13-14,22H,3,7,9,11-12H2,1-2H3. The molecule has 198 valence electrons. The first-order valence-electron chi connectivity index (χ1n) is 12.2. The number of fused-ring (bicyclic) bond motifs is 2. The number of aryl methyl sites for hydroxylation is 1. The highest BCUT2D eigenvalue weighted by Gasteiger charge is 2.38. The van der Waals surface area contributed by atoms with Crippen LogP contribution in [-0.4, -0.2) is 34.7 Å². The summed E-state index contributed by atoms with van der Waals surface area (Å²) in [6.07, 6.45) is -2.64. The second-order valence-electron chi connectivity index (χ2n) is 9.28. The van der Waals surface area contributed by atoms with Crippen LogP contribution in [0.15, 0.2) is 52.2 Å². The van der Waals surface area contributed by atoms with Gasteiger partial charge in [0, 0.05) is 25.4 Å². The van der Waals surface area contributed by atoms with Crippen LogP contribution in [0.25, 0.3) is 5.69 Å². The van der Waals surface area contributed by atoms with E-state index < -0.39 is 40.6 Å². The zero-order chi connectivity index (χ0) is 27.4. The number of rotatable bonds is 4. The molecule has 1 aliphatic heterocycles. The van der Waals surface area contributed by atoms with Crippen LogP contribution in [0.2, 0.25) is 0 Å². The predicted molar refractivity (Wildman–Crippen MR) is 132 cm³/mol. The van der Waals surface area contributed by atoms with Crippen molar-refractivity contribution in [3.63, 3.8) is 0 Å². The van der Waals surface area contributed by atoms with Gasteiger partial charge >= 0.3 is 17.8 Å². The van der Waals surface area contributed by atoms with Crippen LogP contribution in [0.5, 0.6) is 0 Å². The summed E-state index contributed by atoms with van der Waals surface area (Å²) in [6, 6.07) is 7.67. The maximum atomic E-state index is 13.8. The summed E-state index contributed by atoms with van der Waals surface area (Å²) in [5.74, 6) is -0.982. The van der Waals surface area contributed by atoms with Crippen LogP contribution < -0.4 is 16.1 Å². The Labute approximate surface area is 214 Å². The van der Waals surface area contributed by atoms with Crippen molar-refractivity contribution < 1.29 is 27.5 Å². The maximum absolute atomic E-state index is 13.8. The molecule has 2 heterocycles. The number of hydrogen-bond acceptors (Lipinski definition) is 5. The van der Waals surface area contributed by atoms with Gasteiger partial charge in [-0.1, -0.05) is 12.1 Å². The van der Waals surface area contributed by atoms with Gasteiger partial charge in [-0.3, -0.25) is 18.7 Å². The number of benzene rings is 2. The average molecular weight is 527 g/mol. The zero-order valence-electron chi connectivity index (χ0n) is 20.7. The molecule has 0 saturated heterocycles. The highest BCUT2D eigenvalue weighted by Crippen LogP contribution is 2.41. The van der Waals surface area contributed by atoms with Crippen molar-refractivity contribution in [2.24, 2.45) is 0 Å². The molecule has 2 aliphatic rings. The Balaban J connectivity index is 1.72. The largest absolute Gasteiger partial charge is 0.462 e. The van der Waals surface area contributed by atoms with Crippen molar-refractivity contribution in [2.45, 2.75) is 44.8 Å². The SMILES string of the molecule is CCOC(=O)c1cn(-c2ccc3c(c2)CCC(=O)N3C)c(=O)n(C2CCc3c2cccc3C(F)(F)F)c1=O. The second kappa shape index (κ2) is 9.30. The lowest BCUT2D eigenvalue weighted by Gasteiger charge is -2.26. The number of aromatic nitrogens is 2. The molecule has 1 unspecified atom stereocenters. The summed E-state index contributed by atoms with van der Waals surface area (Å²) in [4.78, 5) is 53.6. The van der Waals surface area contributed by atoms with Gasteiger partial charge in [0.1, 0.15) is 5.56 Å². The highest BCUT2D eigenvalue weighted by molar-refractivity contribution is 5.96. The zero-order valence-corrected chi connectivity index (χ0v) is 20.7. The van der Waals surface area contributed by atoms with E-state index in [1.165, 1.54) is 17.0 Å². The van der Waals surface area contributed by atoms with Crippen molar-refractivity contribution in [3.8, 4) is 5.69 Å². The molecule has 0 fully saturated rings. The molecule has 1 aromatic heterocycles. The molecule has 8 nitrogen and oxygen atoms in total. The Bertz CT molecular complexity index is 1590. The fraction of sp³-hybridized carbons (Fsp3) is 0.333. The van der Waals surface area contributed by atoms with E-state index in [-0.39, 0.29) is 42.9 Å². The molecule has 5 rings (SSSR count). The van der Waals surface area contributed by atoms with Crippen LogP contribution in [-0.2, 0) is 28.5 Å². The van der Waals surface area contributed by atoms with Crippen LogP contribution in [0, 0.1) is 0 Å². The molecule has 1 amide bonds. The van der Waals surface area contributed by atoms with Crippen LogP contribution in [0.1, 0.15) is 58.4 Å². The van der Waals surface area contributed by atoms with Gasteiger partial charge < -0.3 is 9.64 Å². The quantitative estimate of drug-likeness (QED) is 0.484. The molecule has 0 N–H and O–H groups in total. The fourth-order valence-electron chi connectivity index (χ4n) is 5.34. The molecule has 2 aromatic carbocycles. The minimum absolute atomic E-state index is 0.0161. The summed E-state index contributed by atoms with van der Waals surface area (Å²) in [6.45, 7) is 1.55. The smallest absolute Gasteiger partial charge is 0.416 e. The van der Waals surface area contributed by atoms with Gasteiger partial charge in [-0.2, -0.15) is 13.2 Å². The van der Waals surface area contributed by atoms with E-state index >= 15 is 0 Å². The van der Waals surface area contributed by atoms with Gasteiger partial charge in [0.2, 0.25) is 5.91 Å². The minimum Gasteiger partial charge on any atom is -0.462 e. The Kier molecular flexibility index (Phi) is 6.24. The second-order valence-corrected chi connectivity index (χ2v) is 9.28. The maximum Gasteiger partial charge on any atom is 0.416 e. The first kappa shape index (κ1) is 25.5. The van der Waals surface area contributed by atoms with Crippen LogP contribution in [0.4, 0.5) is 18.9 Å². The number of ether oxygens (including phenoxy) is 1. The molecule has 1 aliphatic carbocycles. The van der Waals surface area contributed by atoms with Gasteiger partial charge in [-0.05, 0) is 67.1 Å². The number of carbonyl (C=O) groups excluding carboxylic acids is 2. The molecular formula is C27H24F3N3O5. The number of halogens is 3. The third-order valence-corrected chi connectivity index (χ3v) is 7.16. The van der Waals surface area contributed by atoms with E-state index in [1.54, 1.807) is 32.2 Å². The van der Waals surface area contributed by atoms with Crippen molar-refractivity contribution in [3.05, 3.63) is 91.3 Å². The Morgan fingerprint density at radius 1 is 1.08 bits per heavy atom. The van der Waals surface area contributed by atoms with Crippen LogP contribution in [0.3, 0.4) is 0 Å². The van der Waals surface area contributed by atoms with E-state index in [0.717, 1.165) is 27.0 Å². The third-order valence-electron chi connectivity index (χ3n) is 7.16. The monoisotopic (exact) mass is 527 g/mol. The number of alkyl halides is 3. The molecule has 3 aromatic rings. The normalized spacial score (nSPS) is 16.8. The van der Waals surface area contributed by atoms with Gasteiger partial charge in [0.25, 0.3) is 5.56 Å². The van der Waals surface area contributed by atoms with E-state index in [1.807, 2.05) is 0 Å². The summed E-state index contributed by atoms with van der Waals surface area (Å²) < 4.78 is 48.0. The van der Waals surface area contributed by atoms with Crippen molar-refractivity contribution >= 4 is 17.6 Å². The third kappa shape index (κ3) is 4.11. The lowest BCUT2D eigenvalue weighted by atomic mass is 10.0. The summed E-state index contributed by atoms with van der Waals surface area (Å²) in [7, 11) is 1.65. The van der Waals surface area contributed by atoms with Gasteiger partial charge in [-0.25, -0.2) is 9.59 Å². The van der Waals surface area contributed by atoms with Crippen molar-refractivity contribution in [1.29, 1.82) is 0 Å². The topological polar surface area (TPSA) is 90.6 Å². The van der Waals surface area contributed by atoms with Crippen molar-refractivity contribution in [1.82, 2.24) is 9.13 Å². The number of hydrogen-bond donors (Lipinski definition) is 0. The molecular weight excluding hydrogens is 503 g/mol. The van der Waals surface area contributed by atoms with Crippen molar-refractivity contribution in [2.75, 3.05) is 18.6 Å². The van der Waals surface area contributed by atoms with Gasteiger partial charge in [0.15, 0.2) is 0 Å². The van der Waals surface area contributed by atoms with Crippen LogP contribution >= 0.6 is 0 Å². The average Bonchev–Trinajstić information content (AvgIpc) is 3.29. The first-order chi connectivity index (χ1) is 18.0. The predicted octanol–water partition coefficient (Wildman–Crippen LogP) is 3.64. The first-order valence-corrected chi connectivity index (χ1v) is 12.2. The van der Waals surface area contributed by atoms with Gasteiger partial charge in [0.05, 0.1) is 23.9 Å². The van der Waals surface area contributed by atoms with E-state index in [9.17, 15) is 32.3 Å². The lowest BCUT2D eigenvalue weighted by molar-refractivity contribution is -0.138. The molecule has 38 heavy (non-hydrogen) atoms. The minimum atomic E-state index is -4.59. The number of carbonyl (C=O) groups is 2. The molecule has 11 heteroatoms. The Morgan fingerprint density at radius 3 is 2.55 bits per heavy atom. The summed E-state index contributed by atoms with van der Waals surface area (Å²) in [5, 5.41) is 0. The van der Waals surface area contributed by atoms with E-state index in [0.29, 0.717) is 17.8 Å². The molecule has 0 spiro atoms. The van der Waals surface area contributed by atoms with E-state index in [2.05, 4.69) is 0 Å². The molecule has 1 atom stereocenters. The van der Waals surface area contributed by atoms with E-state index in [4.69, 9.17) is 4.74 Å². The molecule has 0 saturated carbocycles. The Morgan fingerprint density at radius 2 is 1.84 bits per heavy atom. The Hall–Kier alpha value is -4.15. The number of amides is 1. The number of nitrogens with zero attached hydrogens (tertiary/aromatic N) is 3. The number of esters is 1. The molecule has 0 radical (unpaired) electrons. The number of anilines is 1. The lowest BCUT2D eigenvalue weighted by Crippen LogP contribution is -2.44. The highest BCUT2D eigenvalue weighted by atomic mass is 19.4. The summed E-state index contributed by atoms with van der Waals surface area (Å²) >= 11 is 0. The molecule has 0 bridgehead atoms. The summed E-state index contributed by atoms with van der Waals surface area (Å²) in [5.41, 5.74) is -0.852. The fourth-order valence-corrected chi connectivity index (χ4v) is 5.34.